The first-order valence-corrected chi connectivity index (χ1v) is 5.54. The summed E-state index contributed by atoms with van der Waals surface area (Å²) in [7, 11) is 2.11. The van der Waals surface area contributed by atoms with Crippen LogP contribution < -0.4 is 5.73 Å². The van der Waals surface area contributed by atoms with Crippen molar-refractivity contribution in [3.63, 3.8) is 0 Å². The summed E-state index contributed by atoms with van der Waals surface area (Å²) >= 11 is 0. The standard InChI is InChI=1S/C10H18N4O/c1-14-7-3-2-4-8(14)10-13-12-9(15-10)5-6-11/h8H,2-7,11H2,1H3. The van der Waals surface area contributed by atoms with Gasteiger partial charge in [-0.05, 0) is 26.4 Å². The third kappa shape index (κ3) is 2.35. The molecule has 2 heterocycles. The highest BCUT2D eigenvalue weighted by molar-refractivity contribution is 4.92. The predicted molar refractivity (Wildman–Crippen MR) is 56.3 cm³/mol. The highest BCUT2D eigenvalue weighted by Crippen LogP contribution is 2.28. The molecule has 1 fully saturated rings. The van der Waals surface area contributed by atoms with Gasteiger partial charge in [0.05, 0.1) is 6.04 Å². The van der Waals surface area contributed by atoms with Crippen molar-refractivity contribution < 1.29 is 4.42 Å². The normalized spacial score (nSPS) is 23.2. The first kappa shape index (κ1) is 10.6. The minimum Gasteiger partial charge on any atom is -0.424 e. The Kier molecular flexibility index (Phi) is 3.33. The lowest BCUT2D eigenvalue weighted by Gasteiger charge is -2.29. The van der Waals surface area contributed by atoms with Crippen LogP contribution in [0.15, 0.2) is 4.42 Å². The van der Waals surface area contributed by atoms with E-state index in [9.17, 15) is 0 Å². The van der Waals surface area contributed by atoms with Gasteiger partial charge in [0.2, 0.25) is 11.8 Å². The quantitative estimate of drug-likeness (QED) is 0.796. The van der Waals surface area contributed by atoms with E-state index in [1.54, 1.807) is 0 Å². The van der Waals surface area contributed by atoms with E-state index in [2.05, 4.69) is 22.1 Å². The molecule has 0 aliphatic carbocycles. The third-order valence-electron chi connectivity index (χ3n) is 2.90. The molecule has 5 nitrogen and oxygen atoms in total. The fraction of sp³-hybridized carbons (Fsp3) is 0.800. The number of hydrogen-bond acceptors (Lipinski definition) is 5. The van der Waals surface area contributed by atoms with E-state index >= 15 is 0 Å². The zero-order valence-electron chi connectivity index (χ0n) is 9.15. The van der Waals surface area contributed by atoms with E-state index in [-0.39, 0.29) is 0 Å². The Morgan fingerprint density at radius 3 is 3.07 bits per heavy atom. The molecule has 2 N–H and O–H groups in total. The number of aromatic nitrogens is 2. The zero-order valence-corrected chi connectivity index (χ0v) is 9.15. The van der Waals surface area contributed by atoms with Crippen LogP contribution in [0.1, 0.15) is 37.1 Å². The number of nitrogens with zero attached hydrogens (tertiary/aromatic N) is 3. The van der Waals surface area contributed by atoms with Crippen LogP contribution in [-0.4, -0.2) is 35.2 Å². The summed E-state index contributed by atoms with van der Waals surface area (Å²) in [6.07, 6.45) is 4.28. The lowest BCUT2D eigenvalue weighted by atomic mass is 10.0. The fourth-order valence-corrected chi connectivity index (χ4v) is 2.01. The van der Waals surface area contributed by atoms with Crippen molar-refractivity contribution in [2.45, 2.75) is 31.7 Å². The van der Waals surface area contributed by atoms with Crippen LogP contribution in [0.5, 0.6) is 0 Å². The van der Waals surface area contributed by atoms with Crippen molar-refractivity contribution in [1.82, 2.24) is 15.1 Å². The van der Waals surface area contributed by atoms with Crippen LogP contribution in [0, 0.1) is 0 Å². The molecule has 0 spiro atoms. The lowest BCUT2D eigenvalue weighted by molar-refractivity contribution is 0.157. The van der Waals surface area contributed by atoms with Crippen molar-refractivity contribution in [3.05, 3.63) is 11.8 Å². The highest BCUT2D eigenvalue weighted by Gasteiger charge is 2.25. The molecule has 15 heavy (non-hydrogen) atoms. The number of piperidine rings is 1. The molecule has 5 heteroatoms. The van der Waals surface area contributed by atoms with Gasteiger partial charge in [0, 0.05) is 13.0 Å². The molecule has 1 aliphatic rings. The second-order valence-corrected chi connectivity index (χ2v) is 4.06. The summed E-state index contributed by atoms with van der Waals surface area (Å²) in [5.74, 6) is 1.41. The second-order valence-electron chi connectivity index (χ2n) is 4.06. The average Bonchev–Trinajstić information content (AvgIpc) is 2.68. The first-order chi connectivity index (χ1) is 7.31. The van der Waals surface area contributed by atoms with Gasteiger partial charge >= 0.3 is 0 Å². The fourth-order valence-electron chi connectivity index (χ4n) is 2.01. The maximum atomic E-state index is 5.59. The Morgan fingerprint density at radius 2 is 2.33 bits per heavy atom. The molecule has 1 unspecified atom stereocenters. The summed E-state index contributed by atoms with van der Waals surface area (Å²) in [6, 6.07) is 0.303. The summed E-state index contributed by atoms with van der Waals surface area (Å²) < 4.78 is 5.59. The van der Waals surface area contributed by atoms with Crippen molar-refractivity contribution in [2.75, 3.05) is 20.1 Å². The Labute approximate surface area is 89.6 Å². The van der Waals surface area contributed by atoms with Gasteiger partial charge in [-0.1, -0.05) is 6.42 Å². The Bertz CT molecular complexity index is 312. The lowest BCUT2D eigenvalue weighted by Crippen LogP contribution is -2.29. The van der Waals surface area contributed by atoms with Crippen LogP contribution in [0.2, 0.25) is 0 Å². The average molecular weight is 210 g/mol. The molecule has 0 radical (unpaired) electrons. The van der Waals surface area contributed by atoms with E-state index in [0.717, 1.165) is 18.9 Å². The summed E-state index contributed by atoms with van der Waals surface area (Å²) in [5, 5.41) is 8.09. The topological polar surface area (TPSA) is 68.2 Å². The number of nitrogens with two attached hydrogens (primary N) is 1. The van der Waals surface area contributed by atoms with E-state index < -0.39 is 0 Å². The van der Waals surface area contributed by atoms with Gasteiger partial charge in [-0.15, -0.1) is 10.2 Å². The number of hydrogen-bond donors (Lipinski definition) is 1. The molecule has 2 rings (SSSR count). The molecular formula is C10H18N4O. The number of likely N-dealkylation sites (tertiary alicyclic amines) is 1. The number of rotatable bonds is 3. The van der Waals surface area contributed by atoms with Crippen LogP contribution in [0.25, 0.3) is 0 Å². The molecule has 1 atom stereocenters. The van der Waals surface area contributed by atoms with Gasteiger partial charge in [0.25, 0.3) is 0 Å². The van der Waals surface area contributed by atoms with Gasteiger partial charge in [-0.25, -0.2) is 0 Å². The largest absolute Gasteiger partial charge is 0.424 e. The predicted octanol–water partition coefficient (Wildman–Crippen LogP) is 0.728. The van der Waals surface area contributed by atoms with E-state index in [4.69, 9.17) is 10.2 Å². The van der Waals surface area contributed by atoms with Crippen LogP contribution in [0.3, 0.4) is 0 Å². The minimum atomic E-state index is 0.303. The SMILES string of the molecule is CN1CCCCC1c1nnc(CCN)o1. The molecule has 84 valence electrons. The summed E-state index contributed by atoms with van der Waals surface area (Å²) in [6.45, 7) is 1.67. The van der Waals surface area contributed by atoms with Crippen molar-refractivity contribution in [2.24, 2.45) is 5.73 Å². The van der Waals surface area contributed by atoms with Crippen molar-refractivity contribution in [1.29, 1.82) is 0 Å². The Balaban J connectivity index is 2.06. The van der Waals surface area contributed by atoms with Gasteiger partial charge < -0.3 is 10.2 Å². The van der Waals surface area contributed by atoms with E-state index in [0.29, 0.717) is 24.9 Å². The molecule has 1 aromatic rings. The van der Waals surface area contributed by atoms with Crippen LogP contribution in [0.4, 0.5) is 0 Å². The molecule has 1 aliphatic heterocycles. The Morgan fingerprint density at radius 1 is 1.47 bits per heavy atom. The maximum Gasteiger partial charge on any atom is 0.233 e. The van der Waals surface area contributed by atoms with Crippen LogP contribution >= 0.6 is 0 Å². The molecule has 1 saturated heterocycles. The van der Waals surface area contributed by atoms with Gasteiger partial charge in [0.1, 0.15) is 0 Å². The molecule has 0 amide bonds. The molecule has 0 bridgehead atoms. The maximum absolute atomic E-state index is 5.59. The Hall–Kier alpha value is -0.940. The van der Waals surface area contributed by atoms with Gasteiger partial charge in [-0.3, -0.25) is 4.90 Å². The summed E-state index contributed by atoms with van der Waals surface area (Å²) in [4.78, 5) is 2.28. The van der Waals surface area contributed by atoms with Crippen LogP contribution in [-0.2, 0) is 6.42 Å². The molecule has 0 aromatic carbocycles. The minimum absolute atomic E-state index is 0.303. The smallest absolute Gasteiger partial charge is 0.233 e. The molecule has 0 saturated carbocycles. The monoisotopic (exact) mass is 210 g/mol. The van der Waals surface area contributed by atoms with Gasteiger partial charge in [0.15, 0.2) is 0 Å². The zero-order chi connectivity index (χ0) is 10.7. The molecule has 1 aromatic heterocycles. The van der Waals surface area contributed by atoms with E-state index in [1.807, 2.05) is 0 Å². The third-order valence-corrected chi connectivity index (χ3v) is 2.90. The second kappa shape index (κ2) is 4.72. The highest BCUT2D eigenvalue weighted by atomic mass is 16.4. The first-order valence-electron chi connectivity index (χ1n) is 5.54. The van der Waals surface area contributed by atoms with Gasteiger partial charge in [-0.2, -0.15) is 0 Å². The summed E-state index contributed by atoms with van der Waals surface area (Å²) in [5.41, 5.74) is 5.44. The van der Waals surface area contributed by atoms with Crippen molar-refractivity contribution in [3.8, 4) is 0 Å². The van der Waals surface area contributed by atoms with E-state index in [1.165, 1.54) is 12.8 Å². The van der Waals surface area contributed by atoms with Crippen molar-refractivity contribution >= 4 is 0 Å². The molecular weight excluding hydrogens is 192 g/mol.